The highest BCUT2D eigenvalue weighted by Crippen LogP contribution is 2.34. The Kier molecular flexibility index (Phi) is 3.73. The number of hydrogen-bond acceptors (Lipinski definition) is 3. The fourth-order valence-corrected chi connectivity index (χ4v) is 2.16. The van der Waals surface area contributed by atoms with Crippen molar-refractivity contribution in [2.45, 2.75) is 46.1 Å². The molecule has 4 heteroatoms. The second kappa shape index (κ2) is 4.53. The first-order valence-electron chi connectivity index (χ1n) is 5.87. The fourth-order valence-electron chi connectivity index (χ4n) is 2.16. The molecule has 0 spiro atoms. The molecule has 1 aliphatic rings. The Morgan fingerprint density at radius 1 is 1.25 bits per heavy atom. The van der Waals surface area contributed by atoms with Crippen LogP contribution in [0, 0.1) is 11.8 Å². The van der Waals surface area contributed by atoms with E-state index in [1.807, 2.05) is 13.8 Å². The van der Waals surface area contributed by atoms with E-state index in [9.17, 15) is 9.59 Å². The second-order valence-corrected chi connectivity index (χ2v) is 4.91. The number of carbonyl (C=O) groups is 2. The van der Waals surface area contributed by atoms with Gasteiger partial charge in [0.15, 0.2) is 0 Å². The summed E-state index contributed by atoms with van der Waals surface area (Å²) in [7, 11) is 0. The summed E-state index contributed by atoms with van der Waals surface area (Å²) in [5.74, 6) is -0.681. The molecular weight excluding hydrogens is 206 g/mol. The van der Waals surface area contributed by atoms with Crippen LogP contribution in [0.4, 0.5) is 0 Å². The number of amides is 2. The summed E-state index contributed by atoms with van der Waals surface area (Å²) in [6.45, 7) is 7.37. The Morgan fingerprint density at radius 2 is 1.69 bits per heavy atom. The lowest BCUT2D eigenvalue weighted by Crippen LogP contribution is -2.50. The summed E-state index contributed by atoms with van der Waals surface area (Å²) in [4.78, 5) is 25.4. The van der Waals surface area contributed by atoms with Crippen LogP contribution in [-0.2, 0) is 9.59 Å². The lowest BCUT2D eigenvalue weighted by molar-refractivity contribution is -0.147. The maximum Gasteiger partial charge on any atom is 0.233 e. The van der Waals surface area contributed by atoms with Crippen molar-refractivity contribution in [3.8, 4) is 0 Å². The molecule has 0 aromatic rings. The average Bonchev–Trinajstić information content (AvgIpc) is 2.44. The predicted molar refractivity (Wildman–Crippen MR) is 60.6 cm³/mol. The molecule has 1 aliphatic heterocycles. The van der Waals surface area contributed by atoms with Crippen molar-refractivity contribution in [2.75, 3.05) is 6.61 Å². The van der Waals surface area contributed by atoms with E-state index < -0.39 is 5.54 Å². The van der Waals surface area contributed by atoms with Crippen LogP contribution in [0.3, 0.4) is 0 Å². The van der Waals surface area contributed by atoms with Crippen LogP contribution < -0.4 is 0 Å². The third-order valence-corrected chi connectivity index (χ3v) is 3.92. The third-order valence-electron chi connectivity index (χ3n) is 3.92. The largest absolute Gasteiger partial charge is 0.396 e. The van der Waals surface area contributed by atoms with Gasteiger partial charge in [-0.15, -0.1) is 0 Å². The highest BCUT2D eigenvalue weighted by molar-refractivity contribution is 6.05. The van der Waals surface area contributed by atoms with Gasteiger partial charge in [0.05, 0.1) is 0 Å². The molecule has 92 valence electrons. The maximum absolute atomic E-state index is 12.0. The van der Waals surface area contributed by atoms with E-state index in [2.05, 4.69) is 0 Å². The Labute approximate surface area is 96.6 Å². The van der Waals surface area contributed by atoms with Crippen LogP contribution >= 0.6 is 0 Å². The van der Waals surface area contributed by atoms with Crippen molar-refractivity contribution < 1.29 is 14.7 Å². The normalized spacial score (nSPS) is 29.7. The molecular formula is C12H21NO3. The van der Waals surface area contributed by atoms with E-state index in [0.29, 0.717) is 12.8 Å². The van der Waals surface area contributed by atoms with Gasteiger partial charge in [-0.05, 0) is 19.8 Å². The van der Waals surface area contributed by atoms with Gasteiger partial charge in [0.25, 0.3) is 0 Å². The number of carbonyl (C=O) groups excluding carboxylic acids is 2. The molecule has 1 heterocycles. The van der Waals surface area contributed by atoms with E-state index in [1.54, 1.807) is 13.8 Å². The van der Waals surface area contributed by atoms with Crippen LogP contribution in [0.2, 0.25) is 0 Å². The van der Waals surface area contributed by atoms with Crippen molar-refractivity contribution in [1.82, 2.24) is 4.90 Å². The van der Waals surface area contributed by atoms with Gasteiger partial charge < -0.3 is 5.11 Å². The molecule has 1 fully saturated rings. The third kappa shape index (κ3) is 1.86. The monoisotopic (exact) mass is 227 g/mol. The molecule has 1 saturated heterocycles. The Hall–Kier alpha value is -0.900. The predicted octanol–water partition coefficient (Wildman–Crippen LogP) is 1.18. The molecule has 0 aromatic carbocycles. The quantitative estimate of drug-likeness (QED) is 0.734. The lowest BCUT2D eigenvalue weighted by atomic mass is 9.92. The van der Waals surface area contributed by atoms with Crippen LogP contribution in [0.15, 0.2) is 0 Å². The summed E-state index contributed by atoms with van der Waals surface area (Å²) in [5, 5.41) is 9.05. The standard InChI is InChI=1S/C12H21NO3/c1-5-12(4,6-7-14)13-10(15)8(2)9(3)11(13)16/h8-9,14H,5-7H2,1-4H3. The number of aliphatic hydroxyl groups excluding tert-OH is 1. The molecule has 0 bridgehead atoms. The van der Waals surface area contributed by atoms with Gasteiger partial charge in [0.2, 0.25) is 11.8 Å². The van der Waals surface area contributed by atoms with E-state index in [-0.39, 0.29) is 30.3 Å². The van der Waals surface area contributed by atoms with Crippen LogP contribution in [-0.4, -0.2) is 34.0 Å². The Morgan fingerprint density at radius 3 is 2.00 bits per heavy atom. The molecule has 0 saturated carbocycles. The number of hydrogen-bond donors (Lipinski definition) is 1. The molecule has 16 heavy (non-hydrogen) atoms. The van der Waals surface area contributed by atoms with Gasteiger partial charge >= 0.3 is 0 Å². The number of likely N-dealkylation sites (tertiary alicyclic amines) is 1. The number of nitrogens with zero attached hydrogens (tertiary/aromatic N) is 1. The van der Waals surface area contributed by atoms with E-state index in [1.165, 1.54) is 4.90 Å². The van der Waals surface area contributed by atoms with Crippen molar-refractivity contribution in [2.24, 2.45) is 11.8 Å². The van der Waals surface area contributed by atoms with Gasteiger partial charge in [-0.2, -0.15) is 0 Å². The molecule has 1 N–H and O–H groups in total. The minimum absolute atomic E-state index is 0.00976. The van der Waals surface area contributed by atoms with E-state index >= 15 is 0 Å². The minimum Gasteiger partial charge on any atom is -0.396 e. The van der Waals surface area contributed by atoms with Gasteiger partial charge in [0.1, 0.15) is 0 Å². The van der Waals surface area contributed by atoms with Gasteiger partial charge in [-0.25, -0.2) is 0 Å². The number of rotatable bonds is 4. The first-order valence-corrected chi connectivity index (χ1v) is 5.87. The van der Waals surface area contributed by atoms with Crippen molar-refractivity contribution in [1.29, 1.82) is 0 Å². The molecule has 1 rings (SSSR count). The average molecular weight is 227 g/mol. The summed E-state index contributed by atoms with van der Waals surface area (Å²) in [5.41, 5.74) is -0.540. The zero-order chi connectivity index (χ0) is 12.5. The van der Waals surface area contributed by atoms with Crippen molar-refractivity contribution in [3.05, 3.63) is 0 Å². The van der Waals surface area contributed by atoms with E-state index in [4.69, 9.17) is 5.11 Å². The molecule has 3 unspecified atom stereocenters. The summed E-state index contributed by atoms with van der Waals surface area (Å²) in [6.07, 6.45) is 1.12. The number of aliphatic hydroxyl groups is 1. The molecule has 3 atom stereocenters. The molecule has 0 aliphatic carbocycles. The minimum atomic E-state index is -0.540. The van der Waals surface area contributed by atoms with Crippen LogP contribution in [0.25, 0.3) is 0 Å². The zero-order valence-electron chi connectivity index (χ0n) is 10.5. The molecule has 2 amide bonds. The smallest absolute Gasteiger partial charge is 0.233 e. The van der Waals surface area contributed by atoms with Gasteiger partial charge in [-0.3, -0.25) is 14.5 Å². The number of imide groups is 1. The lowest BCUT2D eigenvalue weighted by Gasteiger charge is -2.36. The molecule has 4 nitrogen and oxygen atoms in total. The van der Waals surface area contributed by atoms with Crippen LogP contribution in [0.1, 0.15) is 40.5 Å². The highest BCUT2D eigenvalue weighted by Gasteiger charge is 2.49. The topological polar surface area (TPSA) is 57.6 Å². The van der Waals surface area contributed by atoms with Gasteiger partial charge in [0, 0.05) is 24.0 Å². The van der Waals surface area contributed by atoms with E-state index in [0.717, 1.165) is 0 Å². The summed E-state index contributed by atoms with van der Waals surface area (Å²) in [6, 6.07) is 0. The van der Waals surface area contributed by atoms with Crippen LogP contribution in [0.5, 0.6) is 0 Å². The molecule has 0 radical (unpaired) electrons. The zero-order valence-corrected chi connectivity index (χ0v) is 10.5. The van der Waals surface area contributed by atoms with Crippen molar-refractivity contribution in [3.63, 3.8) is 0 Å². The Balaban J connectivity index is 3.03. The first kappa shape index (κ1) is 13.2. The molecule has 0 aromatic heterocycles. The highest BCUT2D eigenvalue weighted by atomic mass is 16.3. The summed E-state index contributed by atoms with van der Waals surface area (Å²) < 4.78 is 0. The maximum atomic E-state index is 12.0. The van der Waals surface area contributed by atoms with Crippen molar-refractivity contribution >= 4 is 11.8 Å². The SMILES string of the molecule is CCC(C)(CCO)N1C(=O)C(C)C(C)C1=O. The first-order chi connectivity index (χ1) is 7.39. The Bertz CT molecular complexity index is 283. The fraction of sp³-hybridized carbons (Fsp3) is 0.833. The van der Waals surface area contributed by atoms with Gasteiger partial charge in [-0.1, -0.05) is 20.8 Å². The summed E-state index contributed by atoms with van der Waals surface area (Å²) >= 11 is 0. The second-order valence-electron chi connectivity index (χ2n) is 4.91.